The molecular formula is C22H17ClN4O6S. The van der Waals surface area contributed by atoms with Crippen molar-refractivity contribution in [3.63, 3.8) is 0 Å². The van der Waals surface area contributed by atoms with E-state index in [0.717, 1.165) is 0 Å². The number of fused-ring (bicyclic) bond motifs is 1. The number of aromatic amines is 1. The molecule has 4 aromatic rings. The van der Waals surface area contributed by atoms with Gasteiger partial charge < -0.3 is 15.0 Å². The summed E-state index contributed by atoms with van der Waals surface area (Å²) < 4.78 is 32.2. The number of carbonyl (C=O) groups is 1. The molecule has 4 rings (SSSR count). The number of halogens is 1. The molecule has 0 bridgehead atoms. The van der Waals surface area contributed by atoms with E-state index in [1.54, 1.807) is 24.3 Å². The van der Waals surface area contributed by atoms with Crippen molar-refractivity contribution in [3.05, 3.63) is 87.6 Å². The predicted octanol–water partition coefficient (Wildman–Crippen LogP) is 4.60. The first kappa shape index (κ1) is 23.1. The Morgan fingerprint density at radius 1 is 1.06 bits per heavy atom. The fraction of sp³-hybridized carbons (Fsp3) is 0.0455. The van der Waals surface area contributed by atoms with Crippen LogP contribution in [0.3, 0.4) is 0 Å². The summed E-state index contributed by atoms with van der Waals surface area (Å²) in [5, 5.41) is 15.5. The van der Waals surface area contributed by atoms with E-state index in [0.29, 0.717) is 27.5 Å². The molecule has 174 valence electrons. The molecule has 0 spiro atoms. The van der Waals surface area contributed by atoms with Crippen molar-refractivity contribution in [1.82, 2.24) is 9.71 Å². The van der Waals surface area contributed by atoms with E-state index in [1.807, 2.05) is 4.72 Å². The third-order valence-electron chi connectivity index (χ3n) is 4.93. The van der Waals surface area contributed by atoms with E-state index < -0.39 is 20.9 Å². The van der Waals surface area contributed by atoms with Crippen LogP contribution in [0.15, 0.2) is 71.6 Å². The van der Waals surface area contributed by atoms with Crippen molar-refractivity contribution in [1.29, 1.82) is 0 Å². The topological polar surface area (TPSA) is 143 Å². The van der Waals surface area contributed by atoms with Crippen molar-refractivity contribution >= 4 is 55.5 Å². The second-order valence-corrected chi connectivity index (χ2v) is 9.22. The van der Waals surface area contributed by atoms with Gasteiger partial charge in [0.1, 0.15) is 17.0 Å². The Balaban J connectivity index is 1.69. The lowest BCUT2D eigenvalue weighted by Gasteiger charge is -2.08. The van der Waals surface area contributed by atoms with Crippen LogP contribution in [0.25, 0.3) is 10.9 Å². The molecule has 34 heavy (non-hydrogen) atoms. The van der Waals surface area contributed by atoms with Gasteiger partial charge in [-0.1, -0.05) is 11.6 Å². The highest BCUT2D eigenvalue weighted by Crippen LogP contribution is 2.34. The van der Waals surface area contributed by atoms with Crippen molar-refractivity contribution in [2.24, 2.45) is 0 Å². The average Bonchev–Trinajstić information content (AvgIpc) is 3.26. The molecule has 0 saturated heterocycles. The van der Waals surface area contributed by atoms with Gasteiger partial charge in [-0.2, -0.15) is 0 Å². The largest absolute Gasteiger partial charge is 0.497 e. The molecule has 0 saturated carbocycles. The van der Waals surface area contributed by atoms with Crippen LogP contribution < -0.4 is 14.8 Å². The number of nitro groups is 1. The highest BCUT2D eigenvalue weighted by Gasteiger charge is 2.23. The fourth-order valence-electron chi connectivity index (χ4n) is 3.27. The van der Waals surface area contributed by atoms with Crippen LogP contribution in [0.2, 0.25) is 5.02 Å². The number of rotatable bonds is 7. The molecule has 0 radical (unpaired) electrons. The second kappa shape index (κ2) is 9.04. The summed E-state index contributed by atoms with van der Waals surface area (Å²) in [6.07, 6.45) is 0. The van der Waals surface area contributed by atoms with Gasteiger partial charge in [0.2, 0.25) is 0 Å². The molecule has 12 heteroatoms. The maximum absolute atomic E-state index is 12.8. The molecule has 1 amide bonds. The number of hydrogen-bond donors (Lipinski definition) is 3. The van der Waals surface area contributed by atoms with Crippen LogP contribution in [0, 0.1) is 10.1 Å². The van der Waals surface area contributed by atoms with Crippen LogP contribution >= 0.6 is 11.6 Å². The summed E-state index contributed by atoms with van der Waals surface area (Å²) in [4.78, 5) is 26.2. The Morgan fingerprint density at radius 2 is 1.74 bits per heavy atom. The summed E-state index contributed by atoms with van der Waals surface area (Å²) in [5.41, 5.74) is 0.760. The van der Waals surface area contributed by atoms with Crippen molar-refractivity contribution < 1.29 is 22.9 Å². The molecule has 1 heterocycles. The van der Waals surface area contributed by atoms with Gasteiger partial charge in [-0.25, -0.2) is 13.1 Å². The van der Waals surface area contributed by atoms with Gasteiger partial charge in [0, 0.05) is 27.8 Å². The number of nitrogens with one attached hydrogen (secondary N) is 3. The minimum atomic E-state index is -4.20. The zero-order chi connectivity index (χ0) is 24.5. The van der Waals surface area contributed by atoms with E-state index in [2.05, 4.69) is 10.3 Å². The third kappa shape index (κ3) is 4.65. The van der Waals surface area contributed by atoms with E-state index in [1.165, 1.54) is 49.6 Å². The number of nitrogens with zero attached hydrogens (tertiary/aromatic N) is 1. The molecular weight excluding hydrogens is 484 g/mol. The monoisotopic (exact) mass is 500 g/mol. The smallest absolute Gasteiger partial charge is 0.293 e. The van der Waals surface area contributed by atoms with Gasteiger partial charge >= 0.3 is 0 Å². The first-order valence-corrected chi connectivity index (χ1v) is 11.6. The number of ether oxygens (including phenoxy) is 1. The van der Waals surface area contributed by atoms with Crippen molar-refractivity contribution in [3.8, 4) is 5.75 Å². The van der Waals surface area contributed by atoms with E-state index in [9.17, 15) is 23.3 Å². The van der Waals surface area contributed by atoms with Crippen LogP contribution in [0.5, 0.6) is 5.75 Å². The van der Waals surface area contributed by atoms with Gasteiger partial charge in [-0.15, -0.1) is 0 Å². The zero-order valence-corrected chi connectivity index (χ0v) is 19.1. The predicted molar refractivity (Wildman–Crippen MR) is 127 cm³/mol. The van der Waals surface area contributed by atoms with E-state index >= 15 is 0 Å². The third-order valence-corrected chi connectivity index (χ3v) is 6.53. The Morgan fingerprint density at radius 3 is 2.35 bits per heavy atom. The Hall–Kier alpha value is -4.09. The van der Waals surface area contributed by atoms with Gasteiger partial charge in [-0.3, -0.25) is 14.9 Å². The molecule has 0 aliphatic rings. The zero-order valence-electron chi connectivity index (χ0n) is 17.5. The number of nitro benzene ring substituents is 1. The first-order valence-electron chi connectivity index (χ1n) is 9.72. The molecule has 0 fully saturated rings. The highest BCUT2D eigenvalue weighted by atomic mass is 35.5. The lowest BCUT2D eigenvalue weighted by Crippen LogP contribution is -2.30. The Kier molecular flexibility index (Phi) is 6.14. The summed E-state index contributed by atoms with van der Waals surface area (Å²) in [6, 6.07) is 16.4. The van der Waals surface area contributed by atoms with E-state index in [4.69, 9.17) is 16.3 Å². The van der Waals surface area contributed by atoms with Gasteiger partial charge in [0.15, 0.2) is 0 Å². The Bertz CT molecular complexity index is 1500. The molecule has 10 nitrogen and oxygen atoms in total. The number of anilines is 2. The number of methoxy groups -OCH3 is 1. The standard InChI is InChI=1S/C22H17ClN4O6S/c1-33-15-6-8-16(9-7-15)34(31,32)26-22(28)19-12-17-18(24-14-4-2-13(23)3-5-14)10-11-20(27(29)30)21(17)25-19/h2-12,24-25H,1H3,(H,26,28). The normalized spacial score (nSPS) is 11.2. The number of sulfonamides is 1. The molecule has 3 N–H and O–H groups in total. The average molecular weight is 501 g/mol. The van der Waals surface area contributed by atoms with Crippen LogP contribution in [0.1, 0.15) is 10.5 Å². The first-order chi connectivity index (χ1) is 16.2. The molecule has 0 atom stereocenters. The fourth-order valence-corrected chi connectivity index (χ4v) is 4.36. The van der Waals surface area contributed by atoms with E-state index in [-0.39, 0.29) is 21.8 Å². The summed E-state index contributed by atoms with van der Waals surface area (Å²) in [7, 11) is -2.76. The summed E-state index contributed by atoms with van der Waals surface area (Å²) in [6.45, 7) is 0. The van der Waals surface area contributed by atoms with Crippen LogP contribution in [-0.2, 0) is 10.0 Å². The van der Waals surface area contributed by atoms with Crippen molar-refractivity contribution in [2.45, 2.75) is 4.90 Å². The number of carbonyl (C=O) groups excluding carboxylic acids is 1. The minimum absolute atomic E-state index is 0.0657. The SMILES string of the molecule is COc1ccc(S(=O)(=O)NC(=O)c2cc3c(Nc4ccc(Cl)cc4)ccc([N+](=O)[O-])c3[nH]2)cc1. The number of benzene rings is 3. The number of amides is 1. The maximum atomic E-state index is 12.8. The van der Waals surface area contributed by atoms with Gasteiger partial charge in [-0.05, 0) is 60.7 Å². The van der Waals surface area contributed by atoms with Crippen LogP contribution in [0.4, 0.5) is 17.1 Å². The molecule has 0 aliphatic heterocycles. The maximum Gasteiger partial charge on any atom is 0.293 e. The van der Waals surface area contributed by atoms with Gasteiger partial charge in [0.05, 0.1) is 16.9 Å². The number of H-pyrrole nitrogens is 1. The summed E-state index contributed by atoms with van der Waals surface area (Å²) >= 11 is 5.91. The van der Waals surface area contributed by atoms with Crippen LogP contribution in [-0.4, -0.2) is 31.3 Å². The second-order valence-electron chi connectivity index (χ2n) is 7.10. The lowest BCUT2D eigenvalue weighted by atomic mass is 10.1. The number of non-ortho nitro benzene ring substituents is 1. The van der Waals surface area contributed by atoms with Gasteiger partial charge in [0.25, 0.3) is 21.6 Å². The highest BCUT2D eigenvalue weighted by molar-refractivity contribution is 7.90. The summed E-state index contributed by atoms with van der Waals surface area (Å²) in [5.74, 6) is -0.521. The lowest BCUT2D eigenvalue weighted by molar-refractivity contribution is -0.383. The quantitative estimate of drug-likeness (QED) is 0.248. The Labute approximate surface area is 198 Å². The number of aromatic nitrogens is 1. The molecule has 0 unspecified atom stereocenters. The molecule has 3 aromatic carbocycles. The molecule has 0 aliphatic carbocycles. The minimum Gasteiger partial charge on any atom is -0.497 e. The van der Waals surface area contributed by atoms with Crippen molar-refractivity contribution in [2.75, 3.05) is 12.4 Å². The number of hydrogen-bond acceptors (Lipinski definition) is 7. The molecule has 1 aromatic heterocycles.